The fraction of sp³-hybridized carbons (Fsp3) is 0.385. The van der Waals surface area contributed by atoms with E-state index in [2.05, 4.69) is 20.9 Å². The summed E-state index contributed by atoms with van der Waals surface area (Å²) in [6, 6.07) is 5.66. The third-order valence-corrected chi connectivity index (χ3v) is 4.32. The maximum absolute atomic E-state index is 12.0. The molecule has 1 aliphatic heterocycles. The fourth-order valence-corrected chi connectivity index (χ4v) is 3.06. The van der Waals surface area contributed by atoms with Crippen LogP contribution in [0, 0.1) is 0 Å². The highest BCUT2D eigenvalue weighted by molar-refractivity contribution is 9.10. The van der Waals surface area contributed by atoms with Crippen LogP contribution in [0.2, 0.25) is 0 Å². The summed E-state index contributed by atoms with van der Waals surface area (Å²) in [6.07, 6.45) is 0. The van der Waals surface area contributed by atoms with E-state index in [-0.39, 0.29) is 5.91 Å². The highest BCUT2D eigenvalue weighted by Gasteiger charge is 2.18. The van der Waals surface area contributed by atoms with E-state index < -0.39 is 0 Å². The summed E-state index contributed by atoms with van der Waals surface area (Å²) in [4.78, 5) is 18.2. The molecule has 2 heterocycles. The molecule has 1 aromatic carbocycles. The van der Waals surface area contributed by atoms with E-state index >= 15 is 0 Å². The Hall–Kier alpha value is -1.05. The first-order chi connectivity index (χ1) is 9.72. The number of carbonyl (C=O) groups is 1. The number of rotatable bonds is 3. The van der Waals surface area contributed by atoms with E-state index in [0.717, 1.165) is 15.6 Å². The zero-order chi connectivity index (χ0) is 13.9. The van der Waals surface area contributed by atoms with Gasteiger partial charge in [-0.3, -0.25) is 4.79 Å². The monoisotopic (exact) mass is 356 g/mol. The number of hydrogen-bond acceptors (Lipinski definition) is 5. The van der Waals surface area contributed by atoms with Gasteiger partial charge in [-0.05, 0) is 18.2 Å². The molecule has 0 radical (unpaired) electrons. The van der Waals surface area contributed by atoms with Crippen LogP contribution in [0.4, 0.5) is 0 Å². The van der Waals surface area contributed by atoms with Crippen molar-refractivity contribution in [2.75, 3.05) is 32.1 Å². The quantitative estimate of drug-likeness (QED) is 0.791. The molecule has 0 saturated carbocycles. The Morgan fingerprint density at radius 2 is 2.20 bits per heavy atom. The average Bonchev–Trinajstić information content (AvgIpc) is 2.87. The Morgan fingerprint density at radius 3 is 3.00 bits per heavy atom. The molecule has 0 N–H and O–H groups in total. The third kappa shape index (κ3) is 3.16. The number of halogens is 1. The molecule has 0 unspecified atom stereocenters. The zero-order valence-electron chi connectivity index (χ0n) is 10.7. The summed E-state index contributed by atoms with van der Waals surface area (Å²) in [6.45, 7) is 2.57. The van der Waals surface area contributed by atoms with Crippen molar-refractivity contribution in [3.8, 4) is 0 Å². The number of hydrogen-bond donors (Lipinski definition) is 0. The minimum atomic E-state index is 0.0988. The Kier molecular flexibility index (Phi) is 4.28. The SMILES string of the molecule is O=C(CSc1nc2cc(Br)ccc2o1)N1CCOCC1. The topological polar surface area (TPSA) is 55.6 Å². The summed E-state index contributed by atoms with van der Waals surface area (Å²) in [7, 11) is 0. The molecule has 5 nitrogen and oxygen atoms in total. The normalized spacial score (nSPS) is 15.8. The number of amides is 1. The van der Waals surface area contributed by atoms with Gasteiger partial charge < -0.3 is 14.1 Å². The number of thioether (sulfide) groups is 1. The fourth-order valence-electron chi connectivity index (χ4n) is 1.97. The minimum Gasteiger partial charge on any atom is -0.431 e. The number of benzene rings is 1. The zero-order valence-corrected chi connectivity index (χ0v) is 13.1. The molecule has 1 amide bonds. The van der Waals surface area contributed by atoms with Gasteiger partial charge in [-0.2, -0.15) is 0 Å². The molecule has 3 rings (SSSR count). The number of oxazole rings is 1. The van der Waals surface area contributed by atoms with Crippen molar-refractivity contribution >= 4 is 44.7 Å². The molecule has 1 aromatic heterocycles. The van der Waals surface area contributed by atoms with Crippen molar-refractivity contribution in [1.29, 1.82) is 0 Å². The smallest absolute Gasteiger partial charge is 0.257 e. The van der Waals surface area contributed by atoms with E-state index in [1.54, 1.807) is 0 Å². The Balaban J connectivity index is 1.63. The minimum absolute atomic E-state index is 0.0988. The Morgan fingerprint density at radius 1 is 1.40 bits per heavy atom. The number of carbonyl (C=O) groups excluding carboxylic acids is 1. The molecule has 0 aliphatic carbocycles. The molecule has 0 bridgehead atoms. The molecular weight excluding hydrogens is 344 g/mol. The van der Waals surface area contributed by atoms with Crippen molar-refractivity contribution in [3.63, 3.8) is 0 Å². The molecule has 0 spiro atoms. The van der Waals surface area contributed by atoms with E-state index in [4.69, 9.17) is 9.15 Å². The molecular formula is C13H13BrN2O3S. The van der Waals surface area contributed by atoms with Gasteiger partial charge in [0.2, 0.25) is 5.91 Å². The molecule has 0 atom stereocenters. The van der Waals surface area contributed by atoms with Crippen molar-refractivity contribution in [2.45, 2.75) is 5.22 Å². The lowest BCUT2D eigenvalue weighted by atomic mass is 10.3. The van der Waals surface area contributed by atoms with Crippen molar-refractivity contribution < 1.29 is 13.9 Å². The first-order valence-electron chi connectivity index (χ1n) is 6.27. The van der Waals surface area contributed by atoms with Crippen LogP contribution in [0.3, 0.4) is 0 Å². The average molecular weight is 357 g/mol. The maximum atomic E-state index is 12.0. The second-order valence-electron chi connectivity index (χ2n) is 4.37. The van der Waals surface area contributed by atoms with Crippen LogP contribution in [-0.2, 0) is 9.53 Å². The van der Waals surface area contributed by atoms with Crippen LogP contribution in [0.25, 0.3) is 11.1 Å². The first kappa shape index (κ1) is 13.9. The van der Waals surface area contributed by atoms with Gasteiger partial charge in [0.05, 0.1) is 19.0 Å². The highest BCUT2D eigenvalue weighted by Crippen LogP contribution is 2.25. The van der Waals surface area contributed by atoms with Crippen LogP contribution in [-0.4, -0.2) is 47.8 Å². The van der Waals surface area contributed by atoms with Gasteiger partial charge in [-0.15, -0.1) is 0 Å². The van der Waals surface area contributed by atoms with Gasteiger partial charge >= 0.3 is 0 Å². The van der Waals surface area contributed by atoms with Gasteiger partial charge in [-0.25, -0.2) is 4.98 Å². The predicted octanol–water partition coefficient (Wildman–Crippen LogP) is 2.54. The summed E-state index contributed by atoms with van der Waals surface area (Å²) < 4.78 is 11.8. The number of morpholine rings is 1. The maximum Gasteiger partial charge on any atom is 0.257 e. The van der Waals surface area contributed by atoms with Gasteiger partial charge in [0.15, 0.2) is 5.58 Å². The third-order valence-electron chi connectivity index (χ3n) is 3.01. The van der Waals surface area contributed by atoms with E-state index in [1.165, 1.54) is 11.8 Å². The summed E-state index contributed by atoms with van der Waals surface area (Å²) in [5.41, 5.74) is 1.52. The lowest BCUT2D eigenvalue weighted by Gasteiger charge is -2.26. The summed E-state index contributed by atoms with van der Waals surface area (Å²) in [5, 5.41) is 0.528. The Bertz CT molecular complexity index is 625. The second-order valence-corrected chi connectivity index (χ2v) is 6.22. The van der Waals surface area contributed by atoms with Gasteiger partial charge in [0, 0.05) is 17.6 Å². The lowest BCUT2D eigenvalue weighted by Crippen LogP contribution is -2.41. The lowest BCUT2D eigenvalue weighted by molar-refractivity contribution is -0.132. The van der Waals surface area contributed by atoms with Crippen molar-refractivity contribution in [2.24, 2.45) is 0 Å². The predicted molar refractivity (Wildman–Crippen MR) is 79.8 cm³/mol. The van der Waals surface area contributed by atoms with Crippen LogP contribution < -0.4 is 0 Å². The number of fused-ring (bicyclic) bond motifs is 1. The number of ether oxygens (including phenoxy) is 1. The van der Waals surface area contributed by atoms with Crippen molar-refractivity contribution in [1.82, 2.24) is 9.88 Å². The van der Waals surface area contributed by atoms with Gasteiger partial charge in [0.25, 0.3) is 5.22 Å². The molecule has 106 valence electrons. The Labute approximate surface area is 128 Å². The van der Waals surface area contributed by atoms with Crippen LogP contribution in [0.5, 0.6) is 0 Å². The van der Waals surface area contributed by atoms with E-state index in [9.17, 15) is 4.79 Å². The van der Waals surface area contributed by atoms with Gasteiger partial charge in [-0.1, -0.05) is 27.7 Å². The second kappa shape index (κ2) is 6.15. The molecule has 1 saturated heterocycles. The molecule has 2 aromatic rings. The summed E-state index contributed by atoms with van der Waals surface area (Å²) in [5.74, 6) is 0.440. The first-order valence-corrected chi connectivity index (χ1v) is 8.04. The highest BCUT2D eigenvalue weighted by atomic mass is 79.9. The largest absolute Gasteiger partial charge is 0.431 e. The van der Waals surface area contributed by atoms with Crippen LogP contribution >= 0.6 is 27.7 Å². The standard InChI is InChI=1S/C13H13BrN2O3S/c14-9-1-2-11-10(7-9)15-13(19-11)20-8-12(17)16-3-5-18-6-4-16/h1-2,7H,3-6,8H2. The number of nitrogens with zero attached hydrogens (tertiary/aromatic N) is 2. The molecule has 1 fully saturated rings. The molecule has 7 heteroatoms. The van der Waals surface area contributed by atoms with E-state index in [1.807, 2.05) is 23.1 Å². The molecule has 1 aliphatic rings. The molecule has 20 heavy (non-hydrogen) atoms. The number of aromatic nitrogens is 1. The van der Waals surface area contributed by atoms with Crippen LogP contribution in [0.1, 0.15) is 0 Å². The van der Waals surface area contributed by atoms with Crippen LogP contribution in [0.15, 0.2) is 32.3 Å². The van der Waals surface area contributed by atoms with Crippen molar-refractivity contribution in [3.05, 3.63) is 22.7 Å². The van der Waals surface area contributed by atoms with Gasteiger partial charge in [0.1, 0.15) is 5.52 Å². The summed E-state index contributed by atoms with van der Waals surface area (Å²) >= 11 is 4.72. The van der Waals surface area contributed by atoms with E-state index in [0.29, 0.717) is 37.3 Å².